The van der Waals surface area contributed by atoms with Crippen LogP contribution >= 0.6 is 0 Å². The van der Waals surface area contributed by atoms with Gasteiger partial charge < -0.3 is 9.84 Å². The highest BCUT2D eigenvalue weighted by Gasteiger charge is 2.26. The summed E-state index contributed by atoms with van der Waals surface area (Å²) in [7, 11) is 0. The molecule has 168 valence electrons. The van der Waals surface area contributed by atoms with Crippen molar-refractivity contribution in [1.82, 2.24) is 0 Å². The van der Waals surface area contributed by atoms with Crippen molar-refractivity contribution in [3.8, 4) is 5.75 Å². The summed E-state index contributed by atoms with van der Waals surface area (Å²) in [6.45, 7) is 16.7. The lowest BCUT2D eigenvalue weighted by molar-refractivity contribution is 0.116. The smallest absolute Gasteiger partial charge is 0.123 e. The van der Waals surface area contributed by atoms with E-state index in [0.29, 0.717) is 12.4 Å². The van der Waals surface area contributed by atoms with Gasteiger partial charge in [0.05, 0.1) is 6.61 Å². The Balaban J connectivity index is 2.39. The van der Waals surface area contributed by atoms with Gasteiger partial charge in [0.15, 0.2) is 0 Å². The van der Waals surface area contributed by atoms with Crippen LogP contribution in [0.2, 0.25) is 0 Å². The molecule has 0 atom stereocenters. The summed E-state index contributed by atoms with van der Waals surface area (Å²) < 4.78 is 5.99. The first-order chi connectivity index (χ1) is 13.6. The van der Waals surface area contributed by atoms with Crippen molar-refractivity contribution in [2.24, 2.45) is 0 Å². The molecule has 1 aromatic carbocycles. The van der Waals surface area contributed by atoms with E-state index in [9.17, 15) is 5.11 Å². The van der Waals surface area contributed by atoms with Gasteiger partial charge in [-0.05, 0) is 46.1 Å². The molecule has 0 saturated carbocycles. The summed E-state index contributed by atoms with van der Waals surface area (Å²) >= 11 is 0. The molecule has 0 bridgehead atoms. The van der Waals surface area contributed by atoms with E-state index in [1.54, 1.807) is 0 Å². The van der Waals surface area contributed by atoms with Crippen molar-refractivity contribution in [3.63, 3.8) is 0 Å². The zero-order valence-corrected chi connectivity index (χ0v) is 20.5. The lowest BCUT2D eigenvalue weighted by Crippen LogP contribution is -2.18. The van der Waals surface area contributed by atoms with E-state index in [1.165, 1.54) is 63.4 Å². The number of rotatable bonds is 13. The van der Waals surface area contributed by atoms with Crippen molar-refractivity contribution in [3.05, 3.63) is 28.8 Å². The Labute approximate surface area is 181 Å². The molecule has 0 fully saturated rings. The van der Waals surface area contributed by atoms with Crippen LogP contribution in [0.25, 0.3) is 0 Å². The minimum Gasteiger partial charge on any atom is -0.507 e. The Kier molecular flexibility index (Phi) is 11.3. The van der Waals surface area contributed by atoms with E-state index >= 15 is 0 Å². The van der Waals surface area contributed by atoms with Gasteiger partial charge >= 0.3 is 0 Å². The Morgan fingerprint density at radius 2 is 1.10 bits per heavy atom. The Morgan fingerprint density at radius 3 is 1.52 bits per heavy atom. The topological polar surface area (TPSA) is 29.5 Å². The Morgan fingerprint density at radius 1 is 0.690 bits per heavy atom. The van der Waals surface area contributed by atoms with Crippen LogP contribution in [0.1, 0.15) is 129 Å². The van der Waals surface area contributed by atoms with E-state index in [0.717, 1.165) is 24.2 Å². The molecular formula is C27H48O2. The molecule has 0 heterocycles. The summed E-state index contributed by atoms with van der Waals surface area (Å²) in [5.41, 5.74) is 3.03. The van der Waals surface area contributed by atoms with Crippen LogP contribution in [-0.2, 0) is 22.2 Å². The number of benzene rings is 1. The molecule has 0 spiro atoms. The van der Waals surface area contributed by atoms with E-state index < -0.39 is 0 Å². The third kappa shape index (κ3) is 10.0. The number of aromatic hydroxyl groups is 1. The van der Waals surface area contributed by atoms with E-state index in [4.69, 9.17) is 4.74 Å². The molecule has 0 aliphatic rings. The van der Waals surface area contributed by atoms with Crippen molar-refractivity contribution in [2.45, 2.75) is 130 Å². The largest absolute Gasteiger partial charge is 0.507 e. The maximum atomic E-state index is 10.8. The monoisotopic (exact) mass is 404 g/mol. The van der Waals surface area contributed by atoms with Crippen LogP contribution < -0.4 is 0 Å². The van der Waals surface area contributed by atoms with Crippen molar-refractivity contribution >= 4 is 0 Å². The molecule has 1 N–H and O–H groups in total. The summed E-state index contributed by atoms with van der Waals surface area (Å²) in [5, 5.41) is 10.8. The van der Waals surface area contributed by atoms with E-state index in [2.05, 4.69) is 60.6 Å². The maximum Gasteiger partial charge on any atom is 0.123 e. The van der Waals surface area contributed by atoms with Gasteiger partial charge in [0, 0.05) is 6.61 Å². The van der Waals surface area contributed by atoms with Gasteiger partial charge in [0.1, 0.15) is 5.75 Å². The highest BCUT2D eigenvalue weighted by molar-refractivity contribution is 5.49. The summed E-state index contributed by atoms with van der Waals surface area (Å²) in [6, 6.07) is 4.26. The van der Waals surface area contributed by atoms with E-state index in [1.807, 2.05) is 0 Å². The molecule has 0 amide bonds. The van der Waals surface area contributed by atoms with Gasteiger partial charge in [0.2, 0.25) is 0 Å². The molecule has 0 saturated heterocycles. The molecule has 29 heavy (non-hydrogen) atoms. The average molecular weight is 405 g/mol. The quantitative estimate of drug-likeness (QED) is 0.334. The van der Waals surface area contributed by atoms with Crippen molar-refractivity contribution in [1.29, 1.82) is 0 Å². The number of ether oxygens (including phenoxy) is 1. The minimum atomic E-state index is -0.0867. The molecule has 0 radical (unpaired) electrons. The third-order valence-electron chi connectivity index (χ3n) is 5.70. The zero-order valence-electron chi connectivity index (χ0n) is 20.5. The van der Waals surface area contributed by atoms with Gasteiger partial charge in [-0.3, -0.25) is 0 Å². The standard InChI is InChI=1S/C27H48O2/c1-8-9-10-11-12-13-14-15-16-17-18-29-21-22-19-23(26(2,3)4)25(28)24(20-22)27(5,6)7/h19-20,28H,8-18,21H2,1-7H3. The first-order valence-electron chi connectivity index (χ1n) is 12.0. The lowest BCUT2D eigenvalue weighted by atomic mass is 9.78. The van der Waals surface area contributed by atoms with Crippen LogP contribution in [0, 0.1) is 0 Å². The lowest BCUT2D eigenvalue weighted by Gasteiger charge is -2.28. The second-order valence-electron chi connectivity index (χ2n) is 10.8. The van der Waals surface area contributed by atoms with Gasteiger partial charge in [-0.1, -0.05) is 106 Å². The molecule has 2 nitrogen and oxygen atoms in total. The number of hydrogen-bond acceptors (Lipinski definition) is 2. The minimum absolute atomic E-state index is 0.0867. The number of phenols is 1. The van der Waals surface area contributed by atoms with Crippen molar-refractivity contribution in [2.75, 3.05) is 6.61 Å². The number of phenolic OH excluding ortho intramolecular Hbond substituents is 1. The molecule has 1 rings (SSSR count). The fourth-order valence-electron chi connectivity index (χ4n) is 3.80. The molecular weight excluding hydrogens is 356 g/mol. The number of unbranched alkanes of at least 4 members (excludes halogenated alkanes) is 9. The normalized spacial score (nSPS) is 12.5. The molecule has 1 aromatic rings. The van der Waals surface area contributed by atoms with Gasteiger partial charge in [-0.2, -0.15) is 0 Å². The van der Waals surface area contributed by atoms with Crippen LogP contribution in [0.4, 0.5) is 0 Å². The molecule has 0 aliphatic heterocycles. The summed E-state index contributed by atoms with van der Waals surface area (Å²) in [4.78, 5) is 0. The molecule has 0 unspecified atom stereocenters. The van der Waals surface area contributed by atoms with E-state index in [-0.39, 0.29) is 10.8 Å². The fraction of sp³-hybridized carbons (Fsp3) is 0.778. The van der Waals surface area contributed by atoms with Gasteiger partial charge in [0.25, 0.3) is 0 Å². The van der Waals surface area contributed by atoms with Crippen LogP contribution in [-0.4, -0.2) is 11.7 Å². The van der Waals surface area contributed by atoms with Gasteiger partial charge in [-0.25, -0.2) is 0 Å². The highest BCUT2D eigenvalue weighted by atomic mass is 16.5. The van der Waals surface area contributed by atoms with Crippen LogP contribution in [0.5, 0.6) is 5.75 Å². The van der Waals surface area contributed by atoms with Gasteiger partial charge in [-0.15, -0.1) is 0 Å². The predicted octanol–water partition coefficient (Wildman–Crippen LogP) is 8.42. The Bertz CT molecular complexity index is 540. The predicted molar refractivity (Wildman–Crippen MR) is 127 cm³/mol. The number of hydrogen-bond donors (Lipinski definition) is 1. The van der Waals surface area contributed by atoms with Crippen LogP contribution in [0.15, 0.2) is 12.1 Å². The second-order valence-corrected chi connectivity index (χ2v) is 10.8. The first-order valence-corrected chi connectivity index (χ1v) is 12.0. The molecule has 2 heteroatoms. The fourth-order valence-corrected chi connectivity index (χ4v) is 3.80. The second kappa shape index (κ2) is 12.6. The zero-order chi connectivity index (χ0) is 21.9. The third-order valence-corrected chi connectivity index (χ3v) is 5.70. The summed E-state index contributed by atoms with van der Waals surface area (Å²) in [5.74, 6) is 0.448. The first kappa shape index (κ1) is 26.0. The molecule has 0 aromatic heterocycles. The SMILES string of the molecule is CCCCCCCCCCCCOCc1cc(C(C)(C)C)c(O)c(C(C)(C)C)c1. The summed E-state index contributed by atoms with van der Waals surface area (Å²) in [6.07, 6.45) is 13.5. The molecule has 0 aliphatic carbocycles. The van der Waals surface area contributed by atoms with Crippen LogP contribution in [0.3, 0.4) is 0 Å². The van der Waals surface area contributed by atoms with Crippen molar-refractivity contribution < 1.29 is 9.84 Å². The maximum absolute atomic E-state index is 10.8. The Hall–Kier alpha value is -1.02. The average Bonchev–Trinajstić information content (AvgIpc) is 2.61. The highest BCUT2D eigenvalue weighted by Crippen LogP contribution is 2.39.